The van der Waals surface area contributed by atoms with E-state index < -0.39 is 0 Å². The highest BCUT2D eigenvalue weighted by molar-refractivity contribution is 5.99. The lowest BCUT2D eigenvalue weighted by molar-refractivity contribution is 0.0812. The Bertz CT molecular complexity index is 671. The Balaban J connectivity index is 2.48. The van der Waals surface area contributed by atoms with E-state index in [-0.39, 0.29) is 5.91 Å². The summed E-state index contributed by atoms with van der Waals surface area (Å²) < 4.78 is 5.64. The van der Waals surface area contributed by atoms with Crippen LogP contribution in [-0.2, 0) is 0 Å². The van der Waals surface area contributed by atoms with Crippen molar-refractivity contribution in [2.45, 2.75) is 27.7 Å². The first-order valence-corrected chi connectivity index (χ1v) is 7.21. The van der Waals surface area contributed by atoms with Crippen molar-refractivity contribution < 1.29 is 9.53 Å². The van der Waals surface area contributed by atoms with Gasteiger partial charge in [0.2, 0.25) is 5.88 Å². The van der Waals surface area contributed by atoms with E-state index in [0.717, 1.165) is 11.3 Å². The van der Waals surface area contributed by atoms with Gasteiger partial charge in [0.25, 0.3) is 5.91 Å². The number of hydrogen-bond donors (Lipinski definition) is 0. The molecule has 0 radical (unpaired) electrons. The van der Waals surface area contributed by atoms with Gasteiger partial charge in [-0.05, 0) is 39.8 Å². The zero-order valence-corrected chi connectivity index (χ0v) is 13.5. The van der Waals surface area contributed by atoms with Crippen molar-refractivity contribution in [3.8, 4) is 5.88 Å². The van der Waals surface area contributed by atoms with Crippen LogP contribution in [0.15, 0.2) is 36.1 Å². The Labute approximate surface area is 131 Å². The molecule has 0 bridgehead atoms. The standard InChI is InChI=1S/C17H21N3O2/c1-6-14(8-7-11(2)3)20-9-10-22-16-15(17(20)21)12(4)18-13(5)19-16/h6-8H,1,9-10H2,2-5H3. The zero-order chi connectivity index (χ0) is 16.3. The van der Waals surface area contributed by atoms with E-state index in [2.05, 4.69) is 16.5 Å². The molecule has 2 rings (SSSR count). The minimum absolute atomic E-state index is 0.154. The third-order valence-corrected chi connectivity index (χ3v) is 3.29. The lowest BCUT2D eigenvalue weighted by Crippen LogP contribution is -2.31. The second kappa shape index (κ2) is 6.56. The van der Waals surface area contributed by atoms with Crippen LogP contribution in [0, 0.1) is 13.8 Å². The van der Waals surface area contributed by atoms with Crippen molar-refractivity contribution in [3.63, 3.8) is 0 Å². The number of ether oxygens (including phenoxy) is 1. The minimum atomic E-state index is -0.154. The van der Waals surface area contributed by atoms with Crippen molar-refractivity contribution >= 4 is 5.91 Å². The molecule has 5 heteroatoms. The van der Waals surface area contributed by atoms with Crippen molar-refractivity contribution in [1.29, 1.82) is 0 Å². The predicted octanol–water partition coefficient (Wildman–Crippen LogP) is 2.96. The van der Waals surface area contributed by atoms with E-state index in [4.69, 9.17) is 4.74 Å². The largest absolute Gasteiger partial charge is 0.475 e. The van der Waals surface area contributed by atoms with Gasteiger partial charge in [-0.2, -0.15) is 4.98 Å². The molecule has 0 spiro atoms. The van der Waals surface area contributed by atoms with Crippen LogP contribution in [-0.4, -0.2) is 33.9 Å². The van der Waals surface area contributed by atoms with Crippen LogP contribution in [0.4, 0.5) is 0 Å². The molecule has 2 heterocycles. The SMILES string of the molecule is C=CC(=CC=C(C)C)N1CCOc2nc(C)nc(C)c2C1=O. The molecule has 5 nitrogen and oxygen atoms in total. The fraction of sp³-hybridized carbons (Fsp3) is 0.353. The molecule has 1 aliphatic rings. The molecule has 0 saturated carbocycles. The number of aromatic nitrogens is 2. The summed E-state index contributed by atoms with van der Waals surface area (Å²) in [5.74, 6) is 0.808. The highest BCUT2D eigenvalue weighted by Gasteiger charge is 2.28. The van der Waals surface area contributed by atoms with Crippen molar-refractivity contribution in [3.05, 3.63) is 53.2 Å². The van der Waals surface area contributed by atoms with Crippen LogP contribution < -0.4 is 4.74 Å². The normalized spacial score (nSPS) is 14.8. The molecule has 1 amide bonds. The molecule has 0 saturated heterocycles. The molecule has 0 atom stereocenters. The third kappa shape index (κ3) is 3.24. The smallest absolute Gasteiger partial charge is 0.265 e. The zero-order valence-electron chi connectivity index (χ0n) is 13.5. The van der Waals surface area contributed by atoms with E-state index in [1.54, 1.807) is 24.8 Å². The first-order valence-electron chi connectivity index (χ1n) is 7.21. The van der Waals surface area contributed by atoms with Gasteiger partial charge in [-0.1, -0.05) is 18.2 Å². The first kappa shape index (κ1) is 15.9. The van der Waals surface area contributed by atoms with Crippen molar-refractivity contribution in [1.82, 2.24) is 14.9 Å². The Morgan fingerprint density at radius 1 is 1.27 bits per heavy atom. The van der Waals surface area contributed by atoms with E-state index in [0.29, 0.717) is 36.1 Å². The van der Waals surface area contributed by atoms with Crippen LogP contribution in [0.2, 0.25) is 0 Å². The van der Waals surface area contributed by atoms with Crippen LogP contribution in [0.3, 0.4) is 0 Å². The number of carbonyl (C=O) groups excluding carboxylic acids is 1. The lowest BCUT2D eigenvalue weighted by Gasteiger charge is -2.21. The van der Waals surface area contributed by atoms with Gasteiger partial charge in [0.1, 0.15) is 18.0 Å². The van der Waals surface area contributed by atoms with Gasteiger partial charge in [-0.3, -0.25) is 4.79 Å². The second-order valence-corrected chi connectivity index (χ2v) is 5.38. The summed E-state index contributed by atoms with van der Waals surface area (Å²) in [6, 6.07) is 0. The fourth-order valence-electron chi connectivity index (χ4n) is 2.27. The van der Waals surface area contributed by atoms with Gasteiger partial charge in [-0.15, -0.1) is 0 Å². The maximum Gasteiger partial charge on any atom is 0.265 e. The molecule has 0 N–H and O–H groups in total. The predicted molar refractivity (Wildman–Crippen MR) is 85.7 cm³/mol. The molecule has 1 aromatic rings. The number of rotatable bonds is 3. The fourth-order valence-corrected chi connectivity index (χ4v) is 2.27. The monoisotopic (exact) mass is 299 g/mol. The summed E-state index contributed by atoms with van der Waals surface area (Å²) in [6.45, 7) is 12.2. The molecule has 1 aromatic heterocycles. The summed E-state index contributed by atoms with van der Waals surface area (Å²) in [6.07, 6.45) is 5.51. The average molecular weight is 299 g/mol. The molecule has 0 unspecified atom stereocenters. The molecule has 0 aromatic carbocycles. The van der Waals surface area contributed by atoms with Crippen LogP contribution in [0.25, 0.3) is 0 Å². The summed E-state index contributed by atoms with van der Waals surface area (Å²) >= 11 is 0. The van der Waals surface area contributed by atoms with Gasteiger partial charge in [-0.25, -0.2) is 4.98 Å². The average Bonchev–Trinajstić information content (AvgIpc) is 2.59. The molecular weight excluding hydrogens is 278 g/mol. The van der Waals surface area contributed by atoms with Crippen LogP contribution >= 0.6 is 0 Å². The lowest BCUT2D eigenvalue weighted by atomic mass is 10.1. The Kier molecular flexibility index (Phi) is 4.75. The molecule has 116 valence electrons. The van der Waals surface area contributed by atoms with E-state index in [9.17, 15) is 4.79 Å². The molecule has 1 aliphatic heterocycles. The van der Waals surface area contributed by atoms with Crippen molar-refractivity contribution in [2.75, 3.05) is 13.2 Å². The Morgan fingerprint density at radius 3 is 2.64 bits per heavy atom. The maximum atomic E-state index is 12.9. The number of nitrogens with zero attached hydrogens (tertiary/aromatic N) is 3. The highest BCUT2D eigenvalue weighted by Crippen LogP contribution is 2.25. The number of allylic oxidation sites excluding steroid dienone is 4. The van der Waals surface area contributed by atoms with Crippen LogP contribution in [0.5, 0.6) is 5.88 Å². The van der Waals surface area contributed by atoms with Gasteiger partial charge in [0.05, 0.1) is 12.2 Å². The highest BCUT2D eigenvalue weighted by atomic mass is 16.5. The van der Waals surface area contributed by atoms with Gasteiger partial charge >= 0.3 is 0 Å². The summed E-state index contributed by atoms with van der Waals surface area (Å²) in [5, 5.41) is 0. The molecular formula is C17H21N3O2. The van der Waals surface area contributed by atoms with Crippen LogP contribution in [0.1, 0.15) is 35.7 Å². The van der Waals surface area contributed by atoms with E-state index in [1.165, 1.54) is 0 Å². The van der Waals surface area contributed by atoms with Gasteiger partial charge in [0, 0.05) is 5.70 Å². The Morgan fingerprint density at radius 2 is 2.00 bits per heavy atom. The number of aryl methyl sites for hydroxylation is 2. The minimum Gasteiger partial charge on any atom is -0.475 e. The summed E-state index contributed by atoms with van der Waals surface area (Å²) in [4.78, 5) is 23.0. The maximum absolute atomic E-state index is 12.9. The number of hydrogen-bond acceptors (Lipinski definition) is 4. The van der Waals surface area contributed by atoms with Crippen molar-refractivity contribution in [2.24, 2.45) is 0 Å². The molecule has 0 aliphatic carbocycles. The second-order valence-electron chi connectivity index (χ2n) is 5.38. The number of amides is 1. The molecule has 0 fully saturated rings. The third-order valence-electron chi connectivity index (χ3n) is 3.29. The number of fused-ring (bicyclic) bond motifs is 1. The van der Waals surface area contributed by atoms with Gasteiger partial charge < -0.3 is 9.64 Å². The van der Waals surface area contributed by atoms with E-state index >= 15 is 0 Å². The van der Waals surface area contributed by atoms with E-state index in [1.807, 2.05) is 26.0 Å². The summed E-state index contributed by atoms with van der Waals surface area (Å²) in [5.41, 5.74) is 2.94. The first-order chi connectivity index (χ1) is 10.4. The molecule has 22 heavy (non-hydrogen) atoms. The van der Waals surface area contributed by atoms with Gasteiger partial charge in [0.15, 0.2) is 0 Å². The Hall–Kier alpha value is -2.43. The summed E-state index contributed by atoms with van der Waals surface area (Å²) in [7, 11) is 0. The number of carbonyl (C=O) groups is 1. The quantitative estimate of drug-likeness (QED) is 0.805. The topological polar surface area (TPSA) is 55.3 Å².